The normalized spacial score (nSPS) is 20.3. The lowest BCUT2D eigenvalue weighted by molar-refractivity contribution is -0.133. The average molecular weight is 339 g/mol. The fraction of sp³-hybridized carbons (Fsp3) is 0.643. The quantitative estimate of drug-likeness (QED) is 0.698. The van der Waals surface area contributed by atoms with E-state index in [4.69, 9.17) is 0 Å². The number of carbonyl (C=O) groups excluding carboxylic acids is 1. The fourth-order valence-corrected chi connectivity index (χ4v) is 3.83. The number of aromatic nitrogens is 2. The molecule has 0 N–H and O–H groups in total. The maximum Gasteiger partial charge on any atom is 0.236 e. The number of amides is 1. The highest BCUT2D eigenvalue weighted by Gasteiger charge is 2.27. The Morgan fingerprint density at radius 3 is 2.65 bits per heavy atom. The first-order valence-corrected chi connectivity index (χ1v) is 9.51. The maximum absolute atomic E-state index is 12.4. The summed E-state index contributed by atoms with van der Waals surface area (Å²) >= 11 is 0. The van der Waals surface area contributed by atoms with E-state index in [0.29, 0.717) is 39.3 Å². The molecule has 1 aromatic rings. The van der Waals surface area contributed by atoms with Gasteiger partial charge in [0.1, 0.15) is 6.33 Å². The van der Waals surface area contributed by atoms with Crippen molar-refractivity contribution in [2.45, 2.75) is 13.0 Å². The van der Waals surface area contributed by atoms with Crippen molar-refractivity contribution in [1.82, 2.24) is 24.1 Å². The van der Waals surface area contributed by atoms with Gasteiger partial charge in [0, 0.05) is 45.5 Å². The van der Waals surface area contributed by atoms with Gasteiger partial charge in [0.25, 0.3) is 0 Å². The Morgan fingerprint density at radius 2 is 1.96 bits per heavy atom. The van der Waals surface area contributed by atoms with Crippen molar-refractivity contribution >= 4 is 15.9 Å². The smallest absolute Gasteiger partial charge is 0.236 e. The maximum atomic E-state index is 12.4. The Balaban J connectivity index is 1.53. The number of carbonyl (C=O) groups is 1. The minimum atomic E-state index is -3.16. The first kappa shape index (κ1) is 16.3. The minimum Gasteiger partial charge on any atom is -0.339 e. The van der Waals surface area contributed by atoms with Crippen LogP contribution in [0.15, 0.2) is 12.5 Å². The van der Waals surface area contributed by atoms with Gasteiger partial charge in [-0.1, -0.05) is 0 Å². The Bertz CT molecular complexity index is 685. The zero-order chi connectivity index (χ0) is 16.4. The van der Waals surface area contributed by atoms with Crippen molar-refractivity contribution in [3.05, 3.63) is 23.8 Å². The fourth-order valence-electron chi connectivity index (χ4n) is 3.00. The summed E-state index contributed by atoms with van der Waals surface area (Å²) in [6, 6.07) is 0. The van der Waals surface area contributed by atoms with Crippen LogP contribution >= 0.6 is 0 Å². The van der Waals surface area contributed by atoms with E-state index in [9.17, 15) is 13.2 Å². The molecule has 0 spiro atoms. The number of fused-ring (bicyclic) bond motifs is 1. The molecule has 0 saturated carbocycles. The zero-order valence-electron chi connectivity index (χ0n) is 13.2. The standard InChI is InChI=1S/C14H21N5O3S/c1-23(21,22)19-6-4-18(5-7-19)14(20)10-17-3-2-12-8-15-11-16-13(12)9-17/h8,11H,2-7,9-10H2,1H3. The summed E-state index contributed by atoms with van der Waals surface area (Å²) in [4.78, 5) is 24.6. The van der Waals surface area contributed by atoms with Crippen LogP contribution in [-0.4, -0.2) is 83.9 Å². The SMILES string of the molecule is CS(=O)(=O)N1CCN(C(=O)CN2CCc3cncnc3C2)CC1. The van der Waals surface area contributed by atoms with Crippen molar-refractivity contribution < 1.29 is 13.2 Å². The second-order valence-electron chi connectivity index (χ2n) is 6.00. The monoisotopic (exact) mass is 339 g/mol. The van der Waals surface area contributed by atoms with E-state index in [1.807, 2.05) is 6.20 Å². The number of hydrogen-bond acceptors (Lipinski definition) is 6. The summed E-state index contributed by atoms with van der Waals surface area (Å²) in [5.74, 6) is 0.0515. The van der Waals surface area contributed by atoms with Crippen molar-refractivity contribution in [1.29, 1.82) is 0 Å². The minimum absolute atomic E-state index is 0.0515. The molecular weight excluding hydrogens is 318 g/mol. The van der Waals surface area contributed by atoms with Crippen LogP contribution in [0.2, 0.25) is 0 Å². The van der Waals surface area contributed by atoms with Crippen LogP contribution in [0.25, 0.3) is 0 Å². The predicted octanol–water partition coefficient (Wildman–Crippen LogP) is -1.06. The first-order chi connectivity index (χ1) is 10.9. The van der Waals surface area contributed by atoms with Gasteiger partial charge in [0.15, 0.2) is 0 Å². The third kappa shape index (κ3) is 3.85. The second kappa shape index (κ2) is 6.50. The molecule has 1 saturated heterocycles. The molecule has 126 valence electrons. The average Bonchev–Trinajstić information content (AvgIpc) is 2.54. The third-order valence-corrected chi connectivity index (χ3v) is 5.67. The van der Waals surface area contributed by atoms with E-state index in [0.717, 1.165) is 24.2 Å². The molecule has 1 fully saturated rings. The van der Waals surface area contributed by atoms with E-state index in [-0.39, 0.29) is 5.91 Å². The summed E-state index contributed by atoms with van der Waals surface area (Å²) in [5.41, 5.74) is 2.14. The van der Waals surface area contributed by atoms with E-state index in [1.54, 1.807) is 4.90 Å². The molecule has 23 heavy (non-hydrogen) atoms. The van der Waals surface area contributed by atoms with Crippen LogP contribution in [0.3, 0.4) is 0 Å². The lowest BCUT2D eigenvalue weighted by atomic mass is 10.1. The van der Waals surface area contributed by atoms with Gasteiger partial charge < -0.3 is 4.90 Å². The van der Waals surface area contributed by atoms with Crippen molar-refractivity contribution in [2.75, 3.05) is 45.5 Å². The molecule has 0 bridgehead atoms. The largest absolute Gasteiger partial charge is 0.339 e. The molecular formula is C14H21N5O3S. The number of piperazine rings is 1. The number of sulfonamides is 1. The Kier molecular flexibility index (Phi) is 4.60. The van der Waals surface area contributed by atoms with Crippen LogP contribution in [-0.2, 0) is 27.8 Å². The van der Waals surface area contributed by atoms with Crippen molar-refractivity contribution in [3.63, 3.8) is 0 Å². The summed E-state index contributed by atoms with van der Waals surface area (Å²) in [6.45, 7) is 3.49. The third-order valence-electron chi connectivity index (χ3n) is 4.37. The summed E-state index contributed by atoms with van der Waals surface area (Å²) in [7, 11) is -3.16. The van der Waals surface area contributed by atoms with Gasteiger partial charge in [-0.25, -0.2) is 18.4 Å². The van der Waals surface area contributed by atoms with Crippen LogP contribution < -0.4 is 0 Å². The highest BCUT2D eigenvalue weighted by atomic mass is 32.2. The van der Waals surface area contributed by atoms with Gasteiger partial charge in [0.2, 0.25) is 15.9 Å². The topological polar surface area (TPSA) is 86.7 Å². The van der Waals surface area contributed by atoms with Crippen molar-refractivity contribution in [2.24, 2.45) is 0 Å². The zero-order valence-corrected chi connectivity index (χ0v) is 14.0. The summed E-state index contributed by atoms with van der Waals surface area (Å²) in [5, 5.41) is 0. The summed E-state index contributed by atoms with van der Waals surface area (Å²) in [6.07, 6.45) is 5.43. The first-order valence-electron chi connectivity index (χ1n) is 7.66. The highest BCUT2D eigenvalue weighted by Crippen LogP contribution is 2.15. The van der Waals surface area contributed by atoms with Crippen molar-refractivity contribution in [3.8, 4) is 0 Å². The molecule has 0 aromatic carbocycles. The molecule has 2 aliphatic heterocycles. The highest BCUT2D eigenvalue weighted by molar-refractivity contribution is 7.88. The van der Waals surface area contributed by atoms with E-state index in [1.165, 1.54) is 16.9 Å². The molecule has 3 rings (SSSR count). The van der Waals surface area contributed by atoms with E-state index < -0.39 is 10.0 Å². The van der Waals surface area contributed by atoms with Gasteiger partial charge in [-0.15, -0.1) is 0 Å². The van der Waals surface area contributed by atoms with Gasteiger partial charge in [-0.05, 0) is 12.0 Å². The number of nitrogens with zero attached hydrogens (tertiary/aromatic N) is 5. The van der Waals surface area contributed by atoms with Gasteiger partial charge in [0.05, 0.1) is 18.5 Å². The molecule has 3 heterocycles. The van der Waals surface area contributed by atoms with Crippen LogP contribution in [0.4, 0.5) is 0 Å². The van der Waals surface area contributed by atoms with E-state index >= 15 is 0 Å². The molecule has 0 aliphatic carbocycles. The summed E-state index contributed by atoms with van der Waals surface area (Å²) < 4.78 is 24.4. The van der Waals surface area contributed by atoms with Gasteiger partial charge in [-0.2, -0.15) is 4.31 Å². The Hall–Kier alpha value is -1.58. The predicted molar refractivity (Wildman–Crippen MR) is 84.0 cm³/mol. The molecule has 1 amide bonds. The number of rotatable bonds is 3. The molecule has 0 atom stereocenters. The van der Waals surface area contributed by atoms with Crippen LogP contribution in [0.1, 0.15) is 11.3 Å². The van der Waals surface area contributed by atoms with Gasteiger partial charge >= 0.3 is 0 Å². The molecule has 0 radical (unpaired) electrons. The molecule has 2 aliphatic rings. The molecule has 8 nitrogen and oxygen atoms in total. The Labute approximate surface area is 136 Å². The molecule has 0 unspecified atom stereocenters. The van der Waals surface area contributed by atoms with Crippen LogP contribution in [0, 0.1) is 0 Å². The van der Waals surface area contributed by atoms with Gasteiger partial charge in [-0.3, -0.25) is 9.69 Å². The lowest BCUT2D eigenvalue weighted by Gasteiger charge is -2.35. The Morgan fingerprint density at radius 1 is 1.22 bits per heavy atom. The molecule has 1 aromatic heterocycles. The van der Waals surface area contributed by atoms with E-state index in [2.05, 4.69) is 14.9 Å². The second-order valence-corrected chi connectivity index (χ2v) is 7.98. The molecule has 9 heteroatoms. The lowest BCUT2D eigenvalue weighted by Crippen LogP contribution is -2.52. The number of hydrogen-bond donors (Lipinski definition) is 0. The van der Waals surface area contributed by atoms with Crippen LogP contribution in [0.5, 0.6) is 0 Å².